The average Bonchev–Trinajstić information content (AvgIpc) is 2.84. The van der Waals surface area contributed by atoms with Gasteiger partial charge in [0.25, 0.3) is 0 Å². The first-order chi connectivity index (χ1) is 8.61. The number of hydrogen-bond donors (Lipinski definition) is 1. The molecule has 0 aliphatic rings. The highest BCUT2D eigenvalue weighted by Gasteiger charge is 2.14. The molecule has 1 heterocycles. The summed E-state index contributed by atoms with van der Waals surface area (Å²) in [6, 6.07) is 6.01. The summed E-state index contributed by atoms with van der Waals surface area (Å²) in [4.78, 5) is 2.98. The second kappa shape index (κ2) is 5.35. The first-order valence-corrected chi connectivity index (χ1v) is 6.51. The fourth-order valence-electron chi connectivity index (χ4n) is 1.79. The zero-order chi connectivity index (χ0) is 13.1. The number of benzene rings is 1. The summed E-state index contributed by atoms with van der Waals surface area (Å²) in [6.45, 7) is 3.15. The molecule has 0 fully saturated rings. The van der Waals surface area contributed by atoms with Gasteiger partial charge in [0.2, 0.25) is 0 Å². The lowest BCUT2D eigenvalue weighted by molar-refractivity contribution is 0.585. The number of halogens is 2. The number of anilines is 2. The summed E-state index contributed by atoms with van der Waals surface area (Å²) in [5, 5.41) is 1.97. The third kappa shape index (κ3) is 2.61. The van der Waals surface area contributed by atoms with Gasteiger partial charge < -0.3 is 10.6 Å². The molecular weight excluding hydrogens is 254 g/mol. The Labute approximate surface area is 109 Å². The van der Waals surface area contributed by atoms with Crippen molar-refractivity contribution >= 4 is 22.7 Å². The van der Waals surface area contributed by atoms with E-state index in [2.05, 4.69) is 0 Å². The van der Waals surface area contributed by atoms with Crippen LogP contribution in [0, 0.1) is 11.6 Å². The highest BCUT2D eigenvalue weighted by atomic mass is 32.1. The normalized spacial score (nSPS) is 10.6. The van der Waals surface area contributed by atoms with Gasteiger partial charge >= 0.3 is 0 Å². The molecule has 2 aromatic rings. The number of hydrogen-bond acceptors (Lipinski definition) is 3. The van der Waals surface area contributed by atoms with Crippen LogP contribution >= 0.6 is 11.3 Å². The number of rotatable bonds is 4. The Morgan fingerprint density at radius 2 is 2.11 bits per heavy atom. The Balaban J connectivity index is 2.32. The molecule has 0 atom stereocenters. The van der Waals surface area contributed by atoms with E-state index in [-0.39, 0.29) is 5.69 Å². The number of nitrogens with zero attached hydrogens (tertiary/aromatic N) is 1. The molecule has 0 saturated heterocycles. The van der Waals surface area contributed by atoms with Crippen molar-refractivity contribution in [3.05, 3.63) is 46.2 Å². The molecule has 96 valence electrons. The standard InChI is InChI=1S/C13H14F2N2S/c1-2-17(8-10-4-3-5-18-10)12-7-9(14)6-11(15)13(12)16/h3-7H,2,8,16H2,1H3. The Morgan fingerprint density at radius 3 is 2.72 bits per heavy atom. The SMILES string of the molecule is CCN(Cc1cccs1)c1cc(F)cc(F)c1N. The molecule has 0 aliphatic carbocycles. The van der Waals surface area contributed by atoms with E-state index in [1.807, 2.05) is 29.3 Å². The van der Waals surface area contributed by atoms with Crippen molar-refractivity contribution in [1.82, 2.24) is 0 Å². The number of nitrogens with two attached hydrogens (primary N) is 1. The highest BCUT2D eigenvalue weighted by molar-refractivity contribution is 7.09. The van der Waals surface area contributed by atoms with E-state index < -0.39 is 11.6 Å². The number of thiophene rings is 1. The predicted molar refractivity (Wildman–Crippen MR) is 71.8 cm³/mol. The topological polar surface area (TPSA) is 29.3 Å². The van der Waals surface area contributed by atoms with Gasteiger partial charge in [0.05, 0.1) is 17.9 Å². The maximum atomic E-state index is 13.4. The minimum atomic E-state index is -0.713. The zero-order valence-corrected chi connectivity index (χ0v) is 10.8. The third-order valence-corrected chi connectivity index (χ3v) is 3.58. The molecule has 2 nitrogen and oxygen atoms in total. The summed E-state index contributed by atoms with van der Waals surface area (Å²) < 4.78 is 26.7. The fraction of sp³-hybridized carbons (Fsp3) is 0.231. The Kier molecular flexibility index (Phi) is 3.81. The molecule has 0 saturated carbocycles. The van der Waals surface area contributed by atoms with E-state index in [9.17, 15) is 8.78 Å². The molecule has 1 aromatic heterocycles. The molecule has 0 unspecified atom stereocenters. The van der Waals surface area contributed by atoms with Crippen LogP contribution in [0.5, 0.6) is 0 Å². The van der Waals surface area contributed by atoms with Gasteiger partial charge in [-0.25, -0.2) is 8.78 Å². The highest BCUT2D eigenvalue weighted by Crippen LogP contribution is 2.29. The molecule has 0 spiro atoms. The van der Waals surface area contributed by atoms with Crippen LogP contribution in [0.15, 0.2) is 29.6 Å². The zero-order valence-electron chi connectivity index (χ0n) is 9.99. The van der Waals surface area contributed by atoms with E-state index in [0.717, 1.165) is 10.9 Å². The lowest BCUT2D eigenvalue weighted by atomic mass is 10.2. The van der Waals surface area contributed by atoms with Crippen molar-refractivity contribution in [2.24, 2.45) is 0 Å². The third-order valence-electron chi connectivity index (χ3n) is 2.72. The average molecular weight is 268 g/mol. The van der Waals surface area contributed by atoms with Crippen molar-refractivity contribution in [3.8, 4) is 0 Å². The molecular formula is C13H14F2N2S. The summed E-state index contributed by atoms with van der Waals surface area (Å²) in [7, 11) is 0. The van der Waals surface area contributed by atoms with Gasteiger partial charge in [0.15, 0.2) is 5.82 Å². The van der Waals surface area contributed by atoms with Crippen molar-refractivity contribution in [3.63, 3.8) is 0 Å². The van der Waals surface area contributed by atoms with E-state index in [1.165, 1.54) is 6.07 Å². The Morgan fingerprint density at radius 1 is 1.33 bits per heavy atom. The molecule has 2 N–H and O–H groups in total. The lowest BCUT2D eigenvalue weighted by Gasteiger charge is -2.24. The van der Waals surface area contributed by atoms with E-state index in [0.29, 0.717) is 18.8 Å². The van der Waals surface area contributed by atoms with Crippen LogP contribution in [-0.4, -0.2) is 6.54 Å². The first-order valence-electron chi connectivity index (χ1n) is 5.63. The Bertz CT molecular complexity index is 526. The summed E-state index contributed by atoms with van der Waals surface area (Å²) in [5.41, 5.74) is 6.08. The maximum absolute atomic E-state index is 13.4. The molecule has 18 heavy (non-hydrogen) atoms. The molecule has 0 bridgehead atoms. The van der Waals surface area contributed by atoms with Crippen LogP contribution < -0.4 is 10.6 Å². The van der Waals surface area contributed by atoms with Gasteiger partial charge in [-0.2, -0.15) is 0 Å². The molecule has 0 amide bonds. The monoisotopic (exact) mass is 268 g/mol. The molecule has 0 aliphatic heterocycles. The fourth-order valence-corrected chi connectivity index (χ4v) is 2.51. The smallest absolute Gasteiger partial charge is 0.151 e. The van der Waals surface area contributed by atoms with Crippen molar-refractivity contribution in [2.45, 2.75) is 13.5 Å². The van der Waals surface area contributed by atoms with E-state index in [1.54, 1.807) is 11.3 Å². The Hall–Kier alpha value is -1.62. The number of nitrogen functional groups attached to an aromatic ring is 1. The van der Waals surface area contributed by atoms with Crippen molar-refractivity contribution in [1.29, 1.82) is 0 Å². The maximum Gasteiger partial charge on any atom is 0.151 e. The van der Waals surface area contributed by atoms with Gasteiger partial charge in [0.1, 0.15) is 5.82 Å². The van der Waals surface area contributed by atoms with Gasteiger partial charge in [-0.1, -0.05) is 6.07 Å². The van der Waals surface area contributed by atoms with Gasteiger partial charge in [-0.3, -0.25) is 0 Å². The summed E-state index contributed by atoms with van der Waals surface area (Å²) in [5.74, 6) is -1.32. The summed E-state index contributed by atoms with van der Waals surface area (Å²) in [6.07, 6.45) is 0. The first kappa shape index (κ1) is 12.8. The quantitative estimate of drug-likeness (QED) is 0.858. The van der Waals surface area contributed by atoms with Crippen LogP contribution in [0.3, 0.4) is 0 Å². The lowest BCUT2D eigenvalue weighted by Crippen LogP contribution is -2.23. The largest absolute Gasteiger partial charge is 0.395 e. The van der Waals surface area contributed by atoms with Crippen LogP contribution in [0.25, 0.3) is 0 Å². The van der Waals surface area contributed by atoms with E-state index in [4.69, 9.17) is 5.73 Å². The van der Waals surface area contributed by atoms with Gasteiger partial charge in [0, 0.05) is 17.5 Å². The summed E-state index contributed by atoms with van der Waals surface area (Å²) >= 11 is 1.61. The minimum absolute atomic E-state index is 0.00481. The van der Waals surface area contributed by atoms with Crippen LogP contribution in [0.4, 0.5) is 20.2 Å². The second-order valence-electron chi connectivity index (χ2n) is 3.91. The van der Waals surface area contributed by atoms with Gasteiger partial charge in [-0.05, 0) is 24.4 Å². The van der Waals surface area contributed by atoms with Crippen LogP contribution in [-0.2, 0) is 6.54 Å². The van der Waals surface area contributed by atoms with Crippen LogP contribution in [0.1, 0.15) is 11.8 Å². The molecule has 1 aromatic carbocycles. The molecule has 0 radical (unpaired) electrons. The van der Waals surface area contributed by atoms with Crippen molar-refractivity contribution in [2.75, 3.05) is 17.2 Å². The minimum Gasteiger partial charge on any atom is -0.395 e. The van der Waals surface area contributed by atoms with E-state index >= 15 is 0 Å². The van der Waals surface area contributed by atoms with Crippen LogP contribution in [0.2, 0.25) is 0 Å². The second-order valence-corrected chi connectivity index (χ2v) is 4.95. The predicted octanol–water partition coefficient (Wildman–Crippen LogP) is 3.64. The van der Waals surface area contributed by atoms with Gasteiger partial charge in [-0.15, -0.1) is 11.3 Å². The molecule has 2 rings (SSSR count). The molecule has 5 heteroatoms. The van der Waals surface area contributed by atoms with Crippen molar-refractivity contribution < 1.29 is 8.78 Å².